The van der Waals surface area contributed by atoms with Crippen molar-refractivity contribution in [1.82, 2.24) is 14.9 Å². The number of rotatable bonds is 4. The summed E-state index contributed by atoms with van der Waals surface area (Å²) in [7, 11) is 0. The van der Waals surface area contributed by atoms with Gasteiger partial charge in [0.2, 0.25) is 0 Å². The van der Waals surface area contributed by atoms with Crippen molar-refractivity contribution >= 4 is 11.9 Å². The number of hydrogen-bond acceptors (Lipinski definition) is 6. The molecule has 148 valence electrons. The lowest BCUT2D eigenvalue weighted by Crippen LogP contribution is -2.56. The number of piperidine rings is 2. The summed E-state index contributed by atoms with van der Waals surface area (Å²) in [5.41, 5.74) is -0.00947. The second-order valence-corrected chi connectivity index (χ2v) is 8.35. The third kappa shape index (κ3) is 4.57. The second-order valence-electron chi connectivity index (χ2n) is 8.35. The molecule has 1 aromatic rings. The SMILES string of the molecule is CCOc1ncc(C(=O)C2CC3CCCC(C2)N3C(=O)OC(C)(C)C)cn1. The van der Waals surface area contributed by atoms with Crippen LogP contribution in [0.3, 0.4) is 0 Å². The van der Waals surface area contributed by atoms with E-state index in [0.717, 1.165) is 19.3 Å². The van der Waals surface area contributed by atoms with E-state index in [1.807, 2.05) is 32.6 Å². The predicted molar refractivity (Wildman–Crippen MR) is 99.8 cm³/mol. The molecular formula is C20H29N3O4. The molecule has 0 spiro atoms. The van der Waals surface area contributed by atoms with Crippen LogP contribution in [-0.4, -0.2) is 51.0 Å². The summed E-state index contributed by atoms with van der Waals surface area (Å²) in [5.74, 6) is -0.0562. The van der Waals surface area contributed by atoms with Gasteiger partial charge in [-0.05, 0) is 59.8 Å². The first-order valence-electron chi connectivity index (χ1n) is 9.79. The molecule has 1 amide bonds. The molecule has 3 heterocycles. The fourth-order valence-electron chi connectivity index (χ4n) is 4.09. The largest absolute Gasteiger partial charge is 0.464 e. The molecule has 2 aliphatic heterocycles. The molecule has 2 atom stereocenters. The molecular weight excluding hydrogens is 346 g/mol. The summed E-state index contributed by atoms with van der Waals surface area (Å²) in [6, 6.07) is 0.403. The fourth-order valence-corrected chi connectivity index (χ4v) is 4.09. The van der Waals surface area contributed by atoms with Crippen molar-refractivity contribution < 1.29 is 19.1 Å². The summed E-state index contributed by atoms with van der Waals surface area (Å²) in [5, 5.41) is 0. The third-order valence-corrected chi connectivity index (χ3v) is 5.14. The maximum atomic E-state index is 12.9. The molecule has 3 rings (SSSR count). The molecule has 1 aromatic heterocycles. The minimum Gasteiger partial charge on any atom is -0.464 e. The number of ketones is 1. The molecule has 0 radical (unpaired) electrons. The Balaban J connectivity index is 1.70. The quantitative estimate of drug-likeness (QED) is 0.748. The predicted octanol–water partition coefficient (Wildman–Crippen LogP) is 3.63. The average Bonchev–Trinajstić information content (AvgIpc) is 2.59. The van der Waals surface area contributed by atoms with Crippen LogP contribution in [0.25, 0.3) is 0 Å². The lowest BCUT2D eigenvalue weighted by atomic mass is 9.76. The van der Waals surface area contributed by atoms with Gasteiger partial charge in [0.1, 0.15) is 5.60 Å². The summed E-state index contributed by atoms with van der Waals surface area (Å²) in [6.45, 7) is 7.98. The molecule has 27 heavy (non-hydrogen) atoms. The fraction of sp³-hybridized carbons (Fsp3) is 0.700. The molecule has 7 nitrogen and oxygen atoms in total. The van der Waals surface area contributed by atoms with E-state index >= 15 is 0 Å². The van der Waals surface area contributed by atoms with Gasteiger partial charge in [-0.15, -0.1) is 0 Å². The topological polar surface area (TPSA) is 81.6 Å². The van der Waals surface area contributed by atoms with Gasteiger partial charge in [0.05, 0.1) is 12.2 Å². The molecule has 0 saturated carbocycles. The van der Waals surface area contributed by atoms with Crippen LogP contribution in [0.5, 0.6) is 6.01 Å². The maximum Gasteiger partial charge on any atom is 0.410 e. The lowest BCUT2D eigenvalue weighted by molar-refractivity contribution is -0.0260. The van der Waals surface area contributed by atoms with Crippen LogP contribution in [-0.2, 0) is 4.74 Å². The van der Waals surface area contributed by atoms with E-state index in [1.54, 1.807) is 0 Å². The van der Waals surface area contributed by atoms with Crippen LogP contribution >= 0.6 is 0 Å². The van der Waals surface area contributed by atoms with Crippen molar-refractivity contribution in [3.8, 4) is 6.01 Å². The summed E-state index contributed by atoms with van der Waals surface area (Å²) < 4.78 is 10.8. The van der Waals surface area contributed by atoms with Crippen molar-refractivity contribution in [3.63, 3.8) is 0 Å². The van der Waals surface area contributed by atoms with Crippen LogP contribution in [0.4, 0.5) is 4.79 Å². The molecule has 2 unspecified atom stereocenters. The summed E-state index contributed by atoms with van der Waals surface area (Å²) in [4.78, 5) is 35.7. The Labute approximate surface area is 160 Å². The van der Waals surface area contributed by atoms with Gasteiger partial charge in [0, 0.05) is 30.4 Å². The zero-order chi connectivity index (χ0) is 19.6. The van der Waals surface area contributed by atoms with Crippen molar-refractivity contribution in [2.75, 3.05) is 6.61 Å². The van der Waals surface area contributed by atoms with Crippen LogP contribution in [0.1, 0.15) is 70.2 Å². The number of ether oxygens (including phenoxy) is 2. The molecule has 2 bridgehead atoms. The standard InChI is InChI=1S/C20H29N3O4/c1-5-26-18-21-11-14(12-22-18)17(24)13-9-15-7-6-8-16(10-13)23(15)19(25)27-20(2,3)4/h11-13,15-16H,5-10H2,1-4H3. The highest BCUT2D eigenvalue weighted by molar-refractivity contribution is 5.97. The average molecular weight is 375 g/mol. The Kier molecular flexibility index (Phi) is 5.67. The van der Waals surface area contributed by atoms with E-state index in [4.69, 9.17) is 9.47 Å². The molecule has 2 saturated heterocycles. The van der Waals surface area contributed by atoms with Crippen LogP contribution in [0.2, 0.25) is 0 Å². The first kappa shape index (κ1) is 19.6. The van der Waals surface area contributed by atoms with Gasteiger partial charge >= 0.3 is 12.1 Å². The third-order valence-electron chi connectivity index (χ3n) is 5.14. The van der Waals surface area contributed by atoms with Crippen molar-refractivity contribution in [3.05, 3.63) is 18.0 Å². The Bertz CT molecular complexity index is 669. The van der Waals surface area contributed by atoms with E-state index in [0.29, 0.717) is 25.0 Å². The molecule has 2 aliphatic rings. The first-order chi connectivity index (χ1) is 12.8. The Morgan fingerprint density at radius 2 is 1.74 bits per heavy atom. The smallest absolute Gasteiger partial charge is 0.410 e. The van der Waals surface area contributed by atoms with Gasteiger partial charge in [-0.2, -0.15) is 0 Å². The molecule has 0 aromatic carbocycles. The summed E-state index contributed by atoms with van der Waals surface area (Å²) in [6.07, 6.45) is 7.07. The van der Waals surface area contributed by atoms with Gasteiger partial charge in [0.25, 0.3) is 0 Å². The number of carbonyl (C=O) groups is 2. The van der Waals surface area contributed by atoms with Crippen molar-refractivity contribution in [2.45, 2.75) is 77.5 Å². The Hall–Kier alpha value is -2.18. The molecule has 0 aliphatic carbocycles. The van der Waals surface area contributed by atoms with E-state index in [2.05, 4.69) is 9.97 Å². The first-order valence-corrected chi connectivity index (χ1v) is 9.79. The number of hydrogen-bond donors (Lipinski definition) is 0. The Morgan fingerprint density at radius 1 is 1.15 bits per heavy atom. The highest BCUT2D eigenvalue weighted by atomic mass is 16.6. The zero-order valence-corrected chi connectivity index (χ0v) is 16.6. The second kappa shape index (κ2) is 7.82. The number of nitrogens with zero attached hydrogens (tertiary/aromatic N) is 3. The number of carbonyl (C=O) groups excluding carboxylic acids is 2. The van der Waals surface area contributed by atoms with Gasteiger partial charge in [-0.3, -0.25) is 4.79 Å². The monoisotopic (exact) mass is 375 g/mol. The Morgan fingerprint density at radius 3 is 2.26 bits per heavy atom. The highest BCUT2D eigenvalue weighted by Gasteiger charge is 2.44. The molecule has 2 fully saturated rings. The van der Waals surface area contributed by atoms with Gasteiger partial charge < -0.3 is 14.4 Å². The minimum atomic E-state index is -0.516. The summed E-state index contributed by atoms with van der Waals surface area (Å²) >= 11 is 0. The lowest BCUT2D eigenvalue weighted by Gasteiger charge is -2.48. The van der Waals surface area contributed by atoms with Crippen LogP contribution < -0.4 is 4.74 Å². The molecule has 0 N–H and O–H groups in total. The van der Waals surface area contributed by atoms with Gasteiger partial charge in [0.15, 0.2) is 5.78 Å². The van der Waals surface area contributed by atoms with E-state index in [9.17, 15) is 9.59 Å². The zero-order valence-electron chi connectivity index (χ0n) is 16.6. The van der Waals surface area contributed by atoms with Crippen LogP contribution in [0, 0.1) is 5.92 Å². The number of amides is 1. The highest BCUT2D eigenvalue weighted by Crippen LogP contribution is 2.39. The minimum absolute atomic E-state index is 0.0544. The van der Waals surface area contributed by atoms with E-state index in [-0.39, 0.29) is 35.9 Å². The van der Waals surface area contributed by atoms with Crippen LogP contribution in [0.15, 0.2) is 12.4 Å². The van der Waals surface area contributed by atoms with Gasteiger partial charge in [-0.25, -0.2) is 14.8 Å². The van der Waals surface area contributed by atoms with E-state index in [1.165, 1.54) is 12.4 Å². The maximum absolute atomic E-state index is 12.9. The van der Waals surface area contributed by atoms with Crippen molar-refractivity contribution in [1.29, 1.82) is 0 Å². The van der Waals surface area contributed by atoms with E-state index < -0.39 is 5.60 Å². The molecule has 7 heteroatoms. The number of fused-ring (bicyclic) bond motifs is 2. The number of aromatic nitrogens is 2. The number of Topliss-reactive ketones (excluding diaryl/α,β-unsaturated/α-hetero) is 1. The normalized spacial score (nSPS) is 25.0. The van der Waals surface area contributed by atoms with Gasteiger partial charge in [-0.1, -0.05) is 0 Å². The van der Waals surface area contributed by atoms with Crippen molar-refractivity contribution in [2.24, 2.45) is 5.92 Å².